The molecule has 1 aliphatic rings. The molecule has 24 heavy (non-hydrogen) atoms. The van der Waals surface area contributed by atoms with Crippen LogP contribution in [-0.4, -0.2) is 31.0 Å². The Labute approximate surface area is 148 Å². The molecule has 0 spiro atoms. The van der Waals surface area contributed by atoms with Gasteiger partial charge >= 0.3 is 0 Å². The highest BCUT2D eigenvalue weighted by atomic mass is 32.1. The van der Waals surface area contributed by atoms with Gasteiger partial charge in [-0.3, -0.25) is 4.79 Å². The van der Waals surface area contributed by atoms with Crippen molar-refractivity contribution in [2.24, 2.45) is 5.92 Å². The molecule has 5 heteroatoms. The van der Waals surface area contributed by atoms with Gasteiger partial charge in [0, 0.05) is 13.6 Å². The third-order valence-electron chi connectivity index (χ3n) is 4.95. The molecule has 1 saturated carbocycles. The average molecular weight is 346 g/mol. The molecule has 1 fully saturated rings. The van der Waals surface area contributed by atoms with E-state index in [2.05, 4.69) is 31.3 Å². The van der Waals surface area contributed by atoms with Crippen LogP contribution in [0.2, 0.25) is 0 Å². The molecule has 2 aromatic rings. The van der Waals surface area contributed by atoms with E-state index in [9.17, 15) is 4.79 Å². The van der Waals surface area contributed by atoms with E-state index >= 15 is 0 Å². The van der Waals surface area contributed by atoms with E-state index in [1.54, 1.807) is 11.3 Å². The van der Waals surface area contributed by atoms with E-state index in [-0.39, 0.29) is 5.91 Å². The van der Waals surface area contributed by atoms with E-state index in [0.29, 0.717) is 12.5 Å². The number of carbonyl (C=O) groups excluding carboxylic acids is 1. The first-order valence-electron chi connectivity index (χ1n) is 8.89. The van der Waals surface area contributed by atoms with Crippen molar-refractivity contribution in [2.45, 2.75) is 46.0 Å². The molecule has 1 N–H and O–H groups in total. The smallest absolute Gasteiger partial charge is 0.239 e. The zero-order valence-corrected chi connectivity index (χ0v) is 15.7. The number of amides is 1. The minimum absolute atomic E-state index is 0.0933. The number of carbonyl (C=O) groups is 1. The van der Waals surface area contributed by atoms with Crippen LogP contribution in [0.25, 0.3) is 10.2 Å². The van der Waals surface area contributed by atoms with Crippen LogP contribution in [0.15, 0.2) is 12.1 Å². The number of nitrogens with zero attached hydrogens (tertiary/aromatic N) is 2. The molecule has 4 nitrogen and oxygen atoms in total. The Bertz CT molecular complexity index is 680. The Kier molecular flexibility index (Phi) is 5.39. The van der Waals surface area contributed by atoms with Crippen molar-refractivity contribution in [1.29, 1.82) is 0 Å². The predicted molar refractivity (Wildman–Crippen MR) is 102 cm³/mol. The number of hydrogen-bond donors (Lipinski definition) is 1. The SMILES string of the molecule is Cc1ccc(C)c2sc(N(C)CC(=O)NCC3CCCCC3)nc12. The number of aromatic nitrogens is 1. The summed E-state index contributed by atoms with van der Waals surface area (Å²) in [6.45, 7) is 5.39. The number of benzene rings is 1. The lowest BCUT2D eigenvalue weighted by Gasteiger charge is -2.22. The van der Waals surface area contributed by atoms with Crippen molar-refractivity contribution in [2.75, 3.05) is 25.0 Å². The molecule has 0 saturated heterocycles. The van der Waals surface area contributed by atoms with Crippen molar-refractivity contribution < 1.29 is 4.79 Å². The van der Waals surface area contributed by atoms with Gasteiger partial charge in [-0.15, -0.1) is 0 Å². The second kappa shape index (κ2) is 7.51. The van der Waals surface area contributed by atoms with Crippen LogP contribution in [0.4, 0.5) is 5.13 Å². The lowest BCUT2D eigenvalue weighted by atomic mass is 9.89. The molecule has 1 amide bonds. The lowest BCUT2D eigenvalue weighted by molar-refractivity contribution is -0.119. The normalized spacial score (nSPS) is 15.6. The highest BCUT2D eigenvalue weighted by molar-refractivity contribution is 7.22. The number of nitrogens with one attached hydrogen (secondary N) is 1. The summed E-state index contributed by atoms with van der Waals surface area (Å²) in [7, 11) is 1.95. The summed E-state index contributed by atoms with van der Waals surface area (Å²) in [5.74, 6) is 0.761. The Morgan fingerprint density at radius 1 is 1.25 bits per heavy atom. The molecule has 0 bridgehead atoms. The van der Waals surface area contributed by atoms with Gasteiger partial charge in [-0.05, 0) is 43.7 Å². The summed E-state index contributed by atoms with van der Waals surface area (Å²) in [6.07, 6.45) is 6.48. The fraction of sp³-hybridized carbons (Fsp3) is 0.579. The fourth-order valence-electron chi connectivity index (χ4n) is 3.40. The molecule has 1 aromatic carbocycles. The van der Waals surface area contributed by atoms with Gasteiger partial charge in [0.15, 0.2) is 5.13 Å². The van der Waals surface area contributed by atoms with E-state index in [1.165, 1.54) is 47.9 Å². The molecule has 0 radical (unpaired) electrons. The maximum atomic E-state index is 12.2. The maximum Gasteiger partial charge on any atom is 0.239 e. The summed E-state index contributed by atoms with van der Waals surface area (Å²) >= 11 is 1.67. The van der Waals surface area contributed by atoms with Crippen molar-refractivity contribution in [3.63, 3.8) is 0 Å². The van der Waals surface area contributed by atoms with Crippen molar-refractivity contribution >= 4 is 32.6 Å². The van der Waals surface area contributed by atoms with Gasteiger partial charge in [0.25, 0.3) is 0 Å². The summed E-state index contributed by atoms with van der Waals surface area (Å²) in [4.78, 5) is 18.9. The lowest BCUT2D eigenvalue weighted by Crippen LogP contribution is -2.37. The minimum Gasteiger partial charge on any atom is -0.354 e. The quantitative estimate of drug-likeness (QED) is 0.889. The minimum atomic E-state index is 0.0933. The molecular weight excluding hydrogens is 318 g/mol. The van der Waals surface area contributed by atoms with E-state index in [4.69, 9.17) is 4.98 Å². The van der Waals surface area contributed by atoms with Gasteiger partial charge < -0.3 is 10.2 Å². The zero-order chi connectivity index (χ0) is 17.1. The zero-order valence-electron chi connectivity index (χ0n) is 14.9. The standard InChI is InChI=1S/C19H27N3OS/c1-13-9-10-14(2)18-17(13)21-19(24-18)22(3)12-16(23)20-11-15-7-5-4-6-8-15/h9-10,15H,4-8,11-12H2,1-3H3,(H,20,23). The summed E-state index contributed by atoms with van der Waals surface area (Å²) in [5, 5.41) is 4.02. The van der Waals surface area contributed by atoms with Crippen LogP contribution in [0, 0.1) is 19.8 Å². The van der Waals surface area contributed by atoms with Crippen LogP contribution in [0.3, 0.4) is 0 Å². The van der Waals surface area contributed by atoms with Gasteiger partial charge in [0.05, 0.1) is 16.8 Å². The van der Waals surface area contributed by atoms with Crippen LogP contribution in [-0.2, 0) is 4.79 Å². The molecular formula is C19H27N3OS. The maximum absolute atomic E-state index is 12.2. The molecule has 1 aromatic heterocycles. The molecule has 1 heterocycles. The molecule has 1 aliphatic carbocycles. The summed E-state index contributed by atoms with van der Waals surface area (Å²) in [6, 6.07) is 4.24. The largest absolute Gasteiger partial charge is 0.354 e. The van der Waals surface area contributed by atoms with Crippen LogP contribution in [0.5, 0.6) is 0 Å². The molecule has 3 rings (SSSR count). The number of rotatable bonds is 5. The fourth-order valence-corrected chi connectivity index (χ4v) is 4.47. The number of hydrogen-bond acceptors (Lipinski definition) is 4. The highest BCUT2D eigenvalue weighted by Gasteiger charge is 2.17. The third kappa shape index (κ3) is 3.89. The second-order valence-electron chi connectivity index (χ2n) is 7.04. The topological polar surface area (TPSA) is 45.2 Å². The molecule has 0 aliphatic heterocycles. The first-order valence-corrected chi connectivity index (χ1v) is 9.71. The van der Waals surface area contributed by atoms with Gasteiger partial charge in [0.2, 0.25) is 5.91 Å². The molecule has 0 unspecified atom stereocenters. The van der Waals surface area contributed by atoms with Crippen molar-refractivity contribution in [1.82, 2.24) is 10.3 Å². The monoisotopic (exact) mass is 345 g/mol. The number of anilines is 1. The number of thiazole rings is 1. The van der Waals surface area contributed by atoms with Crippen LogP contribution < -0.4 is 10.2 Å². The molecule has 0 atom stereocenters. The predicted octanol–water partition coefficient (Wildman–Crippen LogP) is 4.05. The van der Waals surface area contributed by atoms with Crippen molar-refractivity contribution in [3.8, 4) is 0 Å². The van der Waals surface area contributed by atoms with E-state index in [1.807, 2.05) is 11.9 Å². The van der Waals surface area contributed by atoms with Gasteiger partial charge in [0.1, 0.15) is 0 Å². The second-order valence-corrected chi connectivity index (χ2v) is 8.02. The first kappa shape index (κ1) is 17.2. The Balaban J connectivity index is 1.60. The van der Waals surface area contributed by atoms with E-state index in [0.717, 1.165) is 17.2 Å². The van der Waals surface area contributed by atoms with Crippen LogP contribution in [0.1, 0.15) is 43.2 Å². The summed E-state index contributed by atoms with van der Waals surface area (Å²) < 4.78 is 1.22. The average Bonchev–Trinajstić information content (AvgIpc) is 3.04. The van der Waals surface area contributed by atoms with Gasteiger partial charge in [-0.2, -0.15) is 0 Å². The van der Waals surface area contributed by atoms with Crippen LogP contribution >= 0.6 is 11.3 Å². The number of fused-ring (bicyclic) bond motifs is 1. The van der Waals surface area contributed by atoms with E-state index < -0.39 is 0 Å². The third-order valence-corrected chi connectivity index (χ3v) is 6.26. The molecule has 130 valence electrons. The Hall–Kier alpha value is -1.62. The number of aryl methyl sites for hydroxylation is 2. The highest BCUT2D eigenvalue weighted by Crippen LogP contribution is 2.32. The van der Waals surface area contributed by atoms with Crippen molar-refractivity contribution in [3.05, 3.63) is 23.3 Å². The Morgan fingerprint density at radius 2 is 1.96 bits per heavy atom. The number of likely N-dealkylation sites (N-methyl/N-ethyl adjacent to an activating group) is 1. The van der Waals surface area contributed by atoms with Gasteiger partial charge in [-0.25, -0.2) is 4.98 Å². The summed E-state index contributed by atoms with van der Waals surface area (Å²) in [5.41, 5.74) is 3.49. The Morgan fingerprint density at radius 3 is 2.67 bits per heavy atom. The first-order chi connectivity index (χ1) is 11.5. The van der Waals surface area contributed by atoms with Gasteiger partial charge in [-0.1, -0.05) is 42.7 Å².